The number of hydrogen-bond donors (Lipinski definition) is 0. The number of aryl methyl sites for hydroxylation is 1. The molecule has 1 aliphatic carbocycles. The molecule has 2 rings (SSSR count). The molecule has 1 aliphatic rings. The van der Waals surface area contributed by atoms with Gasteiger partial charge in [0.15, 0.2) is 0 Å². The smallest absolute Gasteiger partial charge is 0.133 e. The van der Waals surface area contributed by atoms with Crippen molar-refractivity contribution in [1.29, 1.82) is 10.5 Å². The van der Waals surface area contributed by atoms with Gasteiger partial charge in [-0.05, 0) is 42.0 Å². The lowest BCUT2D eigenvalue weighted by molar-refractivity contribution is 1.06. The Morgan fingerprint density at radius 2 is 1.93 bits per heavy atom. The minimum absolute atomic E-state index is 0.263. The summed E-state index contributed by atoms with van der Waals surface area (Å²) in [7, 11) is 0. The van der Waals surface area contributed by atoms with Crippen molar-refractivity contribution in [1.82, 2.24) is 0 Å². The van der Waals surface area contributed by atoms with Gasteiger partial charge in [0.2, 0.25) is 0 Å². The highest BCUT2D eigenvalue weighted by Gasteiger charge is 2.20. The van der Waals surface area contributed by atoms with Crippen LogP contribution in [0.4, 0.5) is 0 Å². The van der Waals surface area contributed by atoms with E-state index in [1.54, 1.807) is 0 Å². The molecule has 0 N–H and O–H groups in total. The average molecular weight is 194 g/mol. The van der Waals surface area contributed by atoms with Gasteiger partial charge in [-0.2, -0.15) is 10.5 Å². The summed E-state index contributed by atoms with van der Waals surface area (Å²) in [5, 5.41) is 17.7. The summed E-state index contributed by atoms with van der Waals surface area (Å²) in [6.07, 6.45) is 1.76. The Kier molecular flexibility index (Phi) is 2.27. The van der Waals surface area contributed by atoms with Crippen LogP contribution < -0.4 is 0 Å². The molecule has 0 spiro atoms. The zero-order chi connectivity index (χ0) is 10.8. The third-order valence-electron chi connectivity index (χ3n) is 2.89. The normalized spacial score (nSPS) is 12.9. The van der Waals surface area contributed by atoms with Crippen molar-refractivity contribution in [3.63, 3.8) is 0 Å². The molecule has 0 aromatic heterocycles. The summed E-state index contributed by atoms with van der Waals surface area (Å²) in [5.41, 5.74) is 4.80. The van der Waals surface area contributed by atoms with Gasteiger partial charge in [-0.1, -0.05) is 18.2 Å². The SMILES string of the molecule is Cc1cccc2c1CCC2=C(C#N)C#N. The molecule has 0 bridgehead atoms. The first-order chi connectivity index (χ1) is 7.27. The molecule has 2 nitrogen and oxygen atoms in total. The molecule has 1 aromatic rings. The van der Waals surface area contributed by atoms with E-state index < -0.39 is 0 Å². The number of fused-ring (bicyclic) bond motifs is 1. The van der Waals surface area contributed by atoms with E-state index in [1.165, 1.54) is 11.1 Å². The third-order valence-corrected chi connectivity index (χ3v) is 2.89. The molecule has 0 saturated heterocycles. The first kappa shape index (κ1) is 9.49. The second kappa shape index (κ2) is 3.59. The van der Waals surface area contributed by atoms with Crippen molar-refractivity contribution in [3.8, 4) is 12.1 Å². The fraction of sp³-hybridized carbons (Fsp3) is 0.231. The summed E-state index contributed by atoms with van der Waals surface area (Å²) < 4.78 is 0. The van der Waals surface area contributed by atoms with Crippen molar-refractivity contribution in [3.05, 3.63) is 40.5 Å². The van der Waals surface area contributed by atoms with Crippen molar-refractivity contribution in [2.75, 3.05) is 0 Å². The Hall–Kier alpha value is -2.06. The maximum atomic E-state index is 8.85. The van der Waals surface area contributed by atoms with Crippen LogP contribution in [0.2, 0.25) is 0 Å². The molecule has 0 radical (unpaired) electrons. The molecule has 0 unspecified atom stereocenters. The molecule has 0 saturated carbocycles. The summed E-state index contributed by atoms with van der Waals surface area (Å²) in [6, 6.07) is 9.99. The summed E-state index contributed by atoms with van der Waals surface area (Å²) in [4.78, 5) is 0. The van der Waals surface area contributed by atoms with Crippen LogP contribution in [0, 0.1) is 29.6 Å². The van der Waals surface area contributed by atoms with Gasteiger partial charge >= 0.3 is 0 Å². The maximum absolute atomic E-state index is 8.85. The van der Waals surface area contributed by atoms with Gasteiger partial charge in [0.05, 0.1) is 0 Å². The fourth-order valence-corrected chi connectivity index (χ4v) is 2.12. The van der Waals surface area contributed by atoms with Gasteiger partial charge in [0.25, 0.3) is 0 Å². The highest BCUT2D eigenvalue weighted by atomic mass is 14.3. The minimum atomic E-state index is 0.263. The van der Waals surface area contributed by atoms with Crippen molar-refractivity contribution in [2.45, 2.75) is 19.8 Å². The van der Waals surface area contributed by atoms with E-state index in [0.29, 0.717) is 0 Å². The number of nitriles is 2. The van der Waals surface area contributed by atoms with Gasteiger partial charge in [-0.15, -0.1) is 0 Å². The Morgan fingerprint density at radius 1 is 1.20 bits per heavy atom. The molecular weight excluding hydrogens is 184 g/mol. The van der Waals surface area contributed by atoms with Gasteiger partial charge in [-0.25, -0.2) is 0 Å². The van der Waals surface area contributed by atoms with Gasteiger partial charge in [0, 0.05) is 0 Å². The quantitative estimate of drug-likeness (QED) is 0.596. The van der Waals surface area contributed by atoms with E-state index in [4.69, 9.17) is 10.5 Å². The standard InChI is InChI=1S/C13H10N2/c1-9-3-2-4-13-11(9)5-6-12(13)10(7-14)8-15/h2-4H,5-6H2,1H3. The molecule has 0 amide bonds. The first-order valence-electron chi connectivity index (χ1n) is 4.90. The van der Waals surface area contributed by atoms with Crippen LogP contribution in [0.1, 0.15) is 23.1 Å². The summed E-state index contributed by atoms with van der Waals surface area (Å²) in [6.45, 7) is 2.07. The summed E-state index contributed by atoms with van der Waals surface area (Å²) >= 11 is 0. The van der Waals surface area contributed by atoms with Crippen molar-refractivity contribution < 1.29 is 0 Å². The molecule has 2 heteroatoms. The van der Waals surface area contributed by atoms with E-state index in [1.807, 2.05) is 24.3 Å². The number of rotatable bonds is 0. The lowest BCUT2D eigenvalue weighted by atomic mass is 10.0. The van der Waals surface area contributed by atoms with Crippen LogP contribution >= 0.6 is 0 Å². The molecule has 1 aromatic carbocycles. The van der Waals surface area contributed by atoms with Crippen LogP contribution in [0.15, 0.2) is 23.8 Å². The van der Waals surface area contributed by atoms with Crippen LogP contribution in [-0.2, 0) is 6.42 Å². The lowest BCUT2D eigenvalue weighted by Crippen LogP contribution is -1.86. The fourth-order valence-electron chi connectivity index (χ4n) is 2.12. The van der Waals surface area contributed by atoms with Gasteiger partial charge in [-0.3, -0.25) is 0 Å². The number of benzene rings is 1. The molecule has 0 fully saturated rings. The number of allylic oxidation sites excluding steroid dienone is 2. The zero-order valence-corrected chi connectivity index (χ0v) is 8.54. The number of nitrogens with zero attached hydrogens (tertiary/aromatic N) is 2. The van der Waals surface area contributed by atoms with Crippen LogP contribution in [0.25, 0.3) is 5.57 Å². The second-order valence-corrected chi connectivity index (χ2v) is 3.68. The van der Waals surface area contributed by atoms with E-state index in [2.05, 4.69) is 13.0 Å². The molecule has 15 heavy (non-hydrogen) atoms. The molecule has 0 atom stereocenters. The summed E-state index contributed by atoms with van der Waals surface area (Å²) in [5.74, 6) is 0. The van der Waals surface area contributed by atoms with Crippen LogP contribution in [0.3, 0.4) is 0 Å². The largest absolute Gasteiger partial charge is 0.192 e. The molecular formula is C13H10N2. The van der Waals surface area contributed by atoms with E-state index in [-0.39, 0.29) is 5.57 Å². The van der Waals surface area contributed by atoms with Gasteiger partial charge in [0.1, 0.15) is 17.7 Å². The Bertz CT molecular complexity index is 508. The monoisotopic (exact) mass is 194 g/mol. The predicted octanol–water partition coefficient (Wildman–Crippen LogP) is 2.74. The third kappa shape index (κ3) is 1.41. The Balaban J connectivity index is 2.66. The van der Waals surface area contributed by atoms with E-state index in [0.717, 1.165) is 24.0 Å². The highest BCUT2D eigenvalue weighted by molar-refractivity contribution is 5.80. The number of hydrogen-bond acceptors (Lipinski definition) is 2. The molecule has 0 heterocycles. The Morgan fingerprint density at radius 3 is 2.60 bits per heavy atom. The predicted molar refractivity (Wildman–Crippen MR) is 57.6 cm³/mol. The topological polar surface area (TPSA) is 47.6 Å². The first-order valence-corrected chi connectivity index (χ1v) is 4.90. The van der Waals surface area contributed by atoms with Gasteiger partial charge < -0.3 is 0 Å². The van der Waals surface area contributed by atoms with Crippen molar-refractivity contribution in [2.24, 2.45) is 0 Å². The molecule has 0 aliphatic heterocycles. The van der Waals surface area contributed by atoms with E-state index in [9.17, 15) is 0 Å². The molecule has 72 valence electrons. The Labute approximate surface area is 89.1 Å². The maximum Gasteiger partial charge on any atom is 0.133 e. The van der Waals surface area contributed by atoms with Crippen LogP contribution in [0.5, 0.6) is 0 Å². The van der Waals surface area contributed by atoms with Crippen LogP contribution in [-0.4, -0.2) is 0 Å². The average Bonchev–Trinajstić information content (AvgIpc) is 2.66. The van der Waals surface area contributed by atoms with E-state index >= 15 is 0 Å². The lowest BCUT2D eigenvalue weighted by Gasteiger charge is -2.03. The highest BCUT2D eigenvalue weighted by Crippen LogP contribution is 2.35. The minimum Gasteiger partial charge on any atom is -0.192 e. The van der Waals surface area contributed by atoms with Crippen molar-refractivity contribution >= 4 is 5.57 Å². The second-order valence-electron chi connectivity index (χ2n) is 3.68. The zero-order valence-electron chi connectivity index (χ0n) is 8.54.